The molecule has 0 aromatic rings. The molecule has 0 aliphatic carbocycles. The third kappa shape index (κ3) is 4.89. The van der Waals surface area contributed by atoms with Crippen molar-refractivity contribution in [3.63, 3.8) is 0 Å². The highest BCUT2D eigenvalue weighted by Gasteiger charge is 2.35. The van der Waals surface area contributed by atoms with Crippen molar-refractivity contribution in [2.45, 2.75) is 57.8 Å². The van der Waals surface area contributed by atoms with Gasteiger partial charge < -0.3 is 20.7 Å². The second kappa shape index (κ2) is 8.08. The summed E-state index contributed by atoms with van der Waals surface area (Å²) in [6.07, 6.45) is 1.68. The van der Waals surface area contributed by atoms with Crippen molar-refractivity contribution < 1.29 is 14.3 Å². The number of carbonyl (C=O) groups excluding carboxylic acids is 2. The molecule has 2 aliphatic rings. The molecule has 0 aromatic heterocycles. The van der Waals surface area contributed by atoms with E-state index in [1.165, 1.54) is 0 Å². The fourth-order valence-electron chi connectivity index (χ4n) is 3.49. The van der Waals surface area contributed by atoms with Crippen LogP contribution in [0, 0.1) is 0 Å². The lowest BCUT2D eigenvalue weighted by atomic mass is 10.0. The van der Waals surface area contributed by atoms with E-state index in [4.69, 9.17) is 10.5 Å². The van der Waals surface area contributed by atoms with Crippen LogP contribution in [0.5, 0.6) is 0 Å². The lowest BCUT2D eigenvalue weighted by Crippen LogP contribution is -2.59. The van der Waals surface area contributed by atoms with Crippen LogP contribution in [0.2, 0.25) is 0 Å². The van der Waals surface area contributed by atoms with Crippen LogP contribution in [0.15, 0.2) is 0 Å². The maximum Gasteiger partial charge on any atom is 0.237 e. The van der Waals surface area contributed by atoms with Crippen molar-refractivity contribution in [1.82, 2.24) is 15.1 Å². The van der Waals surface area contributed by atoms with Gasteiger partial charge in [-0.25, -0.2) is 0 Å². The number of hydrogen-bond acceptors (Lipinski definition) is 5. The first kappa shape index (κ1) is 18.2. The molecule has 2 atom stereocenters. The van der Waals surface area contributed by atoms with Gasteiger partial charge in [-0.2, -0.15) is 0 Å². The fraction of sp³-hybridized carbons (Fsp3) is 0.875. The van der Waals surface area contributed by atoms with Crippen molar-refractivity contribution in [3.05, 3.63) is 0 Å². The van der Waals surface area contributed by atoms with E-state index in [1.54, 1.807) is 0 Å². The Kier molecular flexibility index (Phi) is 6.38. The molecule has 2 rings (SSSR count). The summed E-state index contributed by atoms with van der Waals surface area (Å²) < 4.78 is 5.47. The predicted octanol–water partition coefficient (Wildman–Crippen LogP) is -0.450. The van der Waals surface area contributed by atoms with E-state index in [2.05, 4.69) is 24.1 Å². The highest BCUT2D eigenvalue weighted by molar-refractivity contribution is 5.83. The Bertz CT molecular complexity index is 422. The highest BCUT2D eigenvalue weighted by Crippen LogP contribution is 2.15. The molecule has 0 spiro atoms. The lowest BCUT2D eigenvalue weighted by molar-refractivity contribution is -0.139. The number of hydrogen-bond donors (Lipinski definition) is 2. The molecular formula is C16H30N4O3. The summed E-state index contributed by atoms with van der Waals surface area (Å²) in [5, 5.41) is 3.10. The first-order valence-electron chi connectivity index (χ1n) is 8.57. The molecular weight excluding hydrogens is 296 g/mol. The largest absolute Gasteiger partial charge is 0.375 e. The van der Waals surface area contributed by atoms with Crippen molar-refractivity contribution in [2.24, 2.45) is 5.73 Å². The van der Waals surface area contributed by atoms with Gasteiger partial charge in [-0.15, -0.1) is 0 Å². The van der Waals surface area contributed by atoms with Crippen LogP contribution in [0.1, 0.15) is 33.6 Å². The van der Waals surface area contributed by atoms with Crippen molar-refractivity contribution in [3.8, 4) is 0 Å². The monoisotopic (exact) mass is 326 g/mol. The van der Waals surface area contributed by atoms with Crippen LogP contribution >= 0.6 is 0 Å². The van der Waals surface area contributed by atoms with Crippen LogP contribution in [-0.2, 0) is 14.3 Å². The molecule has 0 unspecified atom stereocenters. The van der Waals surface area contributed by atoms with Gasteiger partial charge in [0.2, 0.25) is 11.8 Å². The average Bonchev–Trinajstić information content (AvgIpc) is 2.47. The number of rotatable bonds is 5. The fourth-order valence-corrected chi connectivity index (χ4v) is 3.49. The Hall–Kier alpha value is -1.18. The summed E-state index contributed by atoms with van der Waals surface area (Å²) in [4.78, 5) is 28.2. The van der Waals surface area contributed by atoms with Crippen LogP contribution in [0.4, 0.5) is 0 Å². The molecule has 23 heavy (non-hydrogen) atoms. The molecule has 7 heteroatoms. The summed E-state index contributed by atoms with van der Waals surface area (Å²) in [5.74, 6) is -0.469. The maximum atomic E-state index is 12.3. The summed E-state index contributed by atoms with van der Waals surface area (Å²) in [7, 11) is 0. The smallest absolute Gasteiger partial charge is 0.237 e. The number of amides is 2. The number of nitrogens with two attached hydrogens (primary N) is 1. The zero-order valence-electron chi connectivity index (χ0n) is 14.5. The SMILES string of the molecule is CC(C)N1CCC(NC(=O)CN2CCO[C@H](C)[C@H]2C(N)=O)CC1. The van der Waals surface area contributed by atoms with Crippen LogP contribution in [0.25, 0.3) is 0 Å². The van der Waals surface area contributed by atoms with E-state index in [-0.39, 0.29) is 24.6 Å². The van der Waals surface area contributed by atoms with Gasteiger partial charge in [0.25, 0.3) is 0 Å². The summed E-state index contributed by atoms with van der Waals surface area (Å²) in [5.41, 5.74) is 5.45. The van der Waals surface area contributed by atoms with Gasteiger partial charge >= 0.3 is 0 Å². The lowest BCUT2D eigenvalue weighted by Gasteiger charge is -2.38. The second-order valence-electron chi connectivity index (χ2n) is 6.87. The molecule has 0 saturated carbocycles. The van der Waals surface area contributed by atoms with E-state index >= 15 is 0 Å². The molecule has 7 nitrogen and oxygen atoms in total. The quantitative estimate of drug-likeness (QED) is 0.714. The Balaban J connectivity index is 1.81. The Morgan fingerprint density at radius 1 is 1.26 bits per heavy atom. The van der Waals surface area contributed by atoms with Crippen LogP contribution in [-0.4, -0.2) is 78.6 Å². The first-order chi connectivity index (χ1) is 10.9. The minimum atomic E-state index is -0.530. The van der Waals surface area contributed by atoms with Gasteiger partial charge in [-0.05, 0) is 33.6 Å². The number of nitrogens with zero attached hydrogens (tertiary/aromatic N) is 2. The van der Waals surface area contributed by atoms with E-state index in [0.717, 1.165) is 25.9 Å². The molecule has 2 heterocycles. The second-order valence-corrected chi connectivity index (χ2v) is 6.87. The molecule has 2 aliphatic heterocycles. The van der Waals surface area contributed by atoms with E-state index in [9.17, 15) is 9.59 Å². The third-order valence-electron chi connectivity index (χ3n) is 4.86. The zero-order chi connectivity index (χ0) is 17.0. The average molecular weight is 326 g/mol. The Labute approximate surface area is 138 Å². The van der Waals surface area contributed by atoms with Crippen molar-refractivity contribution in [2.75, 3.05) is 32.8 Å². The highest BCUT2D eigenvalue weighted by atomic mass is 16.5. The predicted molar refractivity (Wildman–Crippen MR) is 87.8 cm³/mol. The van der Waals surface area contributed by atoms with Gasteiger partial charge in [0.05, 0.1) is 19.3 Å². The van der Waals surface area contributed by atoms with Gasteiger partial charge in [0.15, 0.2) is 0 Å². The molecule has 132 valence electrons. The summed E-state index contributed by atoms with van der Waals surface area (Å²) in [6, 6.07) is 0.248. The zero-order valence-corrected chi connectivity index (χ0v) is 14.5. The van der Waals surface area contributed by atoms with Crippen molar-refractivity contribution >= 4 is 11.8 Å². The number of nitrogens with one attached hydrogen (secondary N) is 1. The van der Waals surface area contributed by atoms with Gasteiger partial charge in [0.1, 0.15) is 6.04 Å². The van der Waals surface area contributed by atoms with Crippen LogP contribution < -0.4 is 11.1 Å². The normalized spacial score (nSPS) is 28.0. The first-order valence-corrected chi connectivity index (χ1v) is 8.57. The van der Waals surface area contributed by atoms with Gasteiger partial charge in [0, 0.05) is 31.7 Å². The standard InChI is InChI=1S/C16H30N4O3/c1-11(2)19-6-4-13(5-7-19)18-14(21)10-20-8-9-23-12(3)15(20)16(17)22/h11-13,15H,4-10H2,1-3H3,(H2,17,22)(H,18,21)/t12-,15+/m1/s1. The maximum absolute atomic E-state index is 12.3. The molecule has 3 N–H and O–H groups in total. The van der Waals surface area contributed by atoms with E-state index in [1.807, 2.05) is 11.8 Å². The molecule has 0 radical (unpaired) electrons. The molecule has 0 bridgehead atoms. The van der Waals surface area contributed by atoms with Crippen molar-refractivity contribution in [1.29, 1.82) is 0 Å². The van der Waals surface area contributed by atoms with Gasteiger partial charge in [-0.3, -0.25) is 14.5 Å². The molecule has 2 fully saturated rings. The number of morpholine rings is 1. The minimum Gasteiger partial charge on any atom is -0.375 e. The minimum absolute atomic E-state index is 0.0339. The topological polar surface area (TPSA) is 87.9 Å². The van der Waals surface area contributed by atoms with E-state index < -0.39 is 11.9 Å². The Morgan fingerprint density at radius 2 is 1.91 bits per heavy atom. The number of piperidine rings is 1. The van der Waals surface area contributed by atoms with E-state index in [0.29, 0.717) is 19.2 Å². The molecule has 0 aromatic carbocycles. The summed E-state index contributed by atoms with van der Waals surface area (Å²) in [6.45, 7) is 9.52. The number of carbonyl (C=O) groups is 2. The number of ether oxygens (including phenoxy) is 1. The molecule has 2 saturated heterocycles. The molecule has 2 amide bonds. The third-order valence-corrected chi connectivity index (χ3v) is 4.86. The number of likely N-dealkylation sites (tertiary alicyclic amines) is 1. The van der Waals surface area contributed by atoms with Crippen LogP contribution in [0.3, 0.4) is 0 Å². The van der Waals surface area contributed by atoms with Gasteiger partial charge in [-0.1, -0.05) is 0 Å². The number of primary amides is 1. The summed E-state index contributed by atoms with van der Waals surface area (Å²) >= 11 is 0. The Morgan fingerprint density at radius 3 is 2.48 bits per heavy atom.